The van der Waals surface area contributed by atoms with Crippen LogP contribution in [0.4, 0.5) is 13.2 Å². The average Bonchev–Trinajstić information content (AvgIpc) is 3.28. The second kappa shape index (κ2) is 6.15. The van der Waals surface area contributed by atoms with E-state index in [9.17, 15) is 18.0 Å². The predicted molar refractivity (Wildman–Crippen MR) is 87.6 cm³/mol. The summed E-state index contributed by atoms with van der Waals surface area (Å²) >= 11 is 0. The van der Waals surface area contributed by atoms with Gasteiger partial charge in [-0.15, -0.1) is 0 Å². The van der Waals surface area contributed by atoms with Gasteiger partial charge in [0.15, 0.2) is 5.69 Å². The van der Waals surface area contributed by atoms with Crippen LogP contribution in [0.25, 0.3) is 11.0 Å². The van der Waals surface area contributed by atoms with Crippen molar-refractivity contribution in [1.82, 2.24) is 25.1 Å². The molecule has 4 rings (SSSR count). The Bertz CT molecular complexity index is 912. The van der Waals surface area contributed by atoms with Crippen molar-refractivity contribution in [1.29, 1.82) is 0 Å². The summed E-state index contributed by atoms with van der Waals surface area (Å²) in [5, 5.41) is 5.42. The monoisotopic (exact) mass is 363 g/mol. The van der Waals surface area contributed by atoms with Gasteiger partial charge in [0.1, 0.15) is 11.5 Å². The first-order valence-corrected chi connectivity index (χ1v) is 8.28. The molecule has 0 saturated carbocycles. The number of likely N-dealkylation sites (tertiary alicyclic amines) is 1. The van der Waals surface area contributed by atoms with E-state index in [0.29, 0.717) is 13.1 Å². The predicted octanol–water partition coefficient (Wildman–Crippen LogP) is 3.32. The van der Waals surface area contributed by atoms with E-state index in [1.54, 1.807) is 0 Å². The summed E-state index contributed by atoms with van der Waals surface area (Å²) in [7, 11) is 0. The average molecular weight is 363 g/mol. The van der Waals surface area contributed by atoms with Gasteiger partial charge in [-0.1, -0.05) is 12.1 Å². The quantitative estimate of drug-likeness (QED) is 0.733. The van der Waals surface area contributed by atoms with Crippen molar-refractivity contribution in [3.05, 3.63) is 47.5 Å². The van der Waals surface area contributed by atoms with Gasteiger partial charge in [0, 0.05) is 25.1 Å². The zero-order valence-corrected chi connectivity index (χ0v) is 13.7. The van der Waals surface area contributed by atoms with Crippen LogP contribution in [0.3, 0.4) is 0 Å². The molecule has 0 radical (unpaired) electrons. The highest BCUT2D eigenvalue weighted by Crippen LogP contribution is 2.30. The fraction of sp³-hybridized carbons (Fsp3) is 0.353. The number of carbonyl (C=O) groups is 1. The normalized spacial score (nSPS) is 18.4. The first kappa shape index (κ1) is 16.6. The van der Waals surface area contributed by atoms with E-state index in [-0.39, 0.29) is 11.6 Å². The molecule has 0 spiro atoms. The Labute approximate surface area is 146 Å². The van der Waals surface area contributed by atoms with Gasteiger partial charge in [-0.25, -0.2) is 4.98 Å². The number of hydrogen-bond donors (Lipinski definition) is 2. The van der Waals surface area contributed by atoms with Crippen LogP contribution in [0.15, 0.2) is 30.3 Å². The summed E-state index contributed by atoms with van der Waals surface area (Å²) in [6.45, 7) is 0.886. The largest absolute Gasteiger partial charge is 0.432 e. The van der Waals surface area contributed by atoms with E-state index in [4.69, 9.17) is 0 Å². The van der Waals surface area contributed by atoms with E-state index in [1.165, 1.54) is 4.90 Å². The van der Waals surface area contributed by atoms with Gasteiger partial charge in [-0.2, -0.15) is 18.3 Å². The maximum absolute atomic E-state index is 12.7. The number of rotatable bonds is 2. The number of aromatic nitrogens is 4. The van der Waals surface area contributed by atoms with Crippen LogP contribution in [-0.2, 0) is 6.18 Å². The van der Waals surface area contributed by atoms with E-state index in [1.807, 2.05) is 29.4 Å². The minimum atomic E-state index is -4.55. The molecule has 0 bridgehead atoms. The van der Waals surface area contributed by atoms with Crippen molar-refractivity contribution >= 4 is 16.9 Å². The van der Waals surface area contributed by atoms with Gasteiger partial charge < -0.3 is 9.88 Å². The molecule has 136 valence electrons. The number of fused-ring (bicyclic) bond motifs is 1. The number of aromatic amines is 2. The van der Waals surface area contributed by atoms with Crippen molar-refractivity contribution in [2.24, 2.45) is 0 Å². The first-order chi connectivity index (χ1) is 12.4. The minimum absolute atomic E-state index is 0.0149. The zero-order valence-electron chi connectivity index (χ0n) is 13.7. The van der Waals surface area contributed by atoms with Gasteiger partial charge in [0.2, 0.25) is 0 Å². The molecule has 0 unspecified atom stereocenters. The maximum Gasteiger partial charge on any atom is 0.432 e. The van der Waals surface area contributed by atoms with Crippen LogP contribution < -0.4 is 0 Å². The standard InChI is InChI=1S/C17H16F3N5O/c18-17(19,20)14-8-13(23-24-14)16(26)25-7-3-4-10(9-25)15-21-11-5-1-2-6-12(11)22-15/h1-2,5-6,8,10H,3-4,7,9H2,(H,21,22)(H,23,24)/t10-/m1/s1. The van der Waals surface area contributed by atoms with Crippen LogP contribution in [-0.4, -0.2) is 44.1 Å². The third kappa shape index (κ3) is 3.04. The van der Waals surface area contributed by atoms with E-state index < -0.39 is 17.8 Å². The van der Waals surface area contributed by atoms with E-state index >= 15 is 0 Å². The molecule has 26 heavy (non-hydrogen) atoms. The SMILES string of the molecule is O=C(c1cc(C(F)(F)F)[nH]n1)N1CCC[C@@H](c2nc3ccccc3[nH]2)C1. The summed E-state index contributed by atoms with van der Waals surface area (Å²) < 4.78 is 38.0. The van der Waals surface area contributed by atoms with Crippen LogP contribution >= 0.6 is 0 Å². The molecule has 3 heterocycles. The van der Waals surface area contributed by atoms with Gasteiger partial charge in [0.05, 0.1) is 11.0 Å². The van der Waals surface area contributed by atoms with Crippen LogP contribution in [0.2, 0.25) is 0 Å². The number of amides is 1. The summed E-state index contributed by atoms with van der Waals surface area (Å²) in [5.41, 5.74) is 0.537. The van der Waals surface area contributed by atoms with Gasteiger partial charge >= 0.3 is 6.18 Å². The molecule has 9 heteroatoms. The molecule has 1 saturated heterocycles. The summed E-state index contributed by atoms with van der Waals surface area (Å²) in [6.07, 6.45) is -2.94. The number of carbonyl (C=O) groups excluding carboxylic acids is 1. The number of hydrogen-bond acceptors (Lipinski definition) is 3. The number of halogens is 3. The lowest BCUT2D eigenvalue weighted by Crippen LogP contribution is -2.39. The third-order valence-corrected chi connectivity index (χ3v) is 4.61. The molecule has 1 atom stereocenters. The van der Waals surface area contributed by atoms with Crippen LogP contribution in [0, 0.1) is 0 Å². The van der Waals surface area contributed by atoms with E-state index in [0.717, 1.165) is 35.8 Å². The van der Waals surface area contributed by atoms with Crippen molar-refractivity contribution < 1.29 is 18.0 Å². The second-order valence-corrected chi connectivity index (χ2v) is 6.39. The Balaban J connectivity index is 1.52. The molecule has 2 N–H and O–H groups in total. The Morgan fingerprint density at radius 3 is 2.81 bits per heavy atom. The van der Waals surface area contributed by atoms with Crippen molar-refractivity contribution in [2.75, 3.05) is 13.1 Å². The van der Waals surface area contributed by atoms with Crippen molar-refractivity contribution in [3.8, 4) is 0 Å². The molecule has 1 fully saturated rings. The molecule has 1 aromatic carbocycles. The maximum atomic E-state index is 12.7. The van der Waals surface area contributed by atoms with Crippen molar-refractivity contribution in [3.63, 3.8) is 0 Å². The van der Waals surface area contributed by atoms with E-state index in [2.05, 4.69) is 15.1 Å². The molecular weight excluding hydrogens is 347 g/mol. The number of piperidine rings is 1. The van der Waals surface area contributed by atoms with Crippen LogP contribution in [0.5, 0.6) is 0 Å². The molecule has 6 nitrogen and oxygen atoms in total. The summed E-state index contributed by atoms with van der Waals surface area (Å²) in [4.78, 5) is 21.9. The van der Waals surface area contributed by atoms with Gasteiger partial charge in [-0.05, 0) is 25.0 Å². The minimum Gasteiger partial charge on any atom is -0.342 e. The summed E-state index contributed by atoms with van der Waals surface area (Å²) in [6, 6.07) is 8.41. The Morgan fingerprint density at radius 2 is 2.08 bits per heavy atom. The van der Waals surface area contributed by atoms with Crippen molar-refractivity contribution in [2.45, 2.75) is 24.9 Å². The van der Waals surface area contributed by atoms with Crippen LogP contribution in [0.1, 0.15) is 40.8 Å². The molecular formula is C17H16F3N5O. The Kier molecular flexibility index (Phi) is 3.93. The molecule has 1 amide bonds. The lowest BCUT2D eigenvalue weighted by atomic mass is 9.97. The lowest BCUT2D eigenvalue weighted by Gasteiger charge is -2.31. The van der Waals surface area contributed by atoms with Gasteiger partial charge in [-0.3, -0.25) is 9.89 Å². The number of imidazole rings is 1. The topological polar surface area (TPSA) is 77.7 Å². The number of para-hydroxylation sites is 2. The van der Waals surface area contributed by atoms with Gasteiger partial charge in [0.25, 0.3) is 5.91 Å². The molecule has 0 aliphatic carbocycles. The number of nitrogens with one attached hydrogen (secondary N) is 2. The number of nitrogens with zero attached hydrogens (tertiary/aromatic N) is 3. The third-order valence-electron chi connectivity index (χ3n) is 4.61. The Morgan fingerprint density at radius 1 is 1.27 bits per heavy atom. The molecule has 2 aromatic heterocycles. The smallest absolute Gasteiger partial charge is 0.342 e. The fourth-order valence-corrected chi connectivity index (χ4v) is 3.29. The Hall–Kier alpha value is -2.84. The highest BCUT2D eigenvalue weighted by molar-refractivity contribution is 5.92. The first-order valence-electron chi connectivity index (χ1n) is 8.28. The highest BCUT2D eigenvalue weighted by atomic mass is 19.4. The number of alkyl halides is 3. The lowest BCUT2D eigenvalue weighted by molar-refractivity contribution is -0.141. The number of benzene rings is 1. The second-order valence-electron chi connectivity index (χ2n) is 6.39. The fourth-order valence-electron chi connectivity index (χ4n) is 3.29. The number of H-pyrrole nitrogens is 2. The molecule has 1 aliphatic heterocycles. The summed E-state index contributed by atoms with van der Waals surface area (Å²) in [5.74, 6) is 0.306. The molecule has 1 aliphatic rings. The molecule has 3 aromatic rings. The zero-order chi connectivity index (χ0) is 18.3. The highest BCUT2D eigenvalue weighted by Gasteiger charge is 2.35.